The second-order valence-corrected chi connectivity index (χ2v) is 8.53. The smallest absolute Gasteiger partial charge is 0.132 e. The first-order chi connectivity index (χ1) is 13.3. The van der Waals surface area contributed by atoms with E-state index in [1.54, 1.807) is 0 Å². The predicted octanol–water partition coefficient (Wildman–Crippen LogP) is 3.33. The van der Waals surface area contributed by atoms with E-state index < -0.39 is 12.2 Å². The molecule has 3 N–H and O–H groups in total. The Bertz CT molecular complexity index is 751. The maximum Gasteiger partial charge on any atom is 0.132 e. The lowest BCUT2D eigenvalue weighted by Gasteiger charge is -2.27. The molecule has 28 heavy (non-hydrogen) atoms. The highest BCUT2D eigenvalue weighted by molar-refractivity contribution is 14.1. The molecule has 154 valence electrons. The zero-order valence-electron chi connectivity index (χ0n) is 15.9. The van der Waals surface area contributed by atoms with E-state index in [2.05, 4.69) is 42.5 Å². The van der Waals surface area contributed by atoms with Crippen molar-refractivity contribution >= 4 is 34.2 Å². The van der Waals surface area contributed by atoms with Crippen LogP contribution in [0.5, 0.6) is 11.5 Å². The van der Waals surface area contributed by atoms with Crippen molar-refractivity contribution in [2.75, 3.05) is 25.7 Å². The molecule has 0 aliphatic carbocycles. The number of ether oxygens (including phenoxy) is 2. The fourth-order valence-corrected chi connectivity index (χ4v) is 3.38. The predicted molar refractivity (Wildman–Crippen MR) is 119 cm³/mol. The Balaban J connectivity index is 2.11. The topological polar surface area (TPSA) is 79.2 Å². The molecule has 0 aromatic heterocycles. The molecular formula is C21H26ClIO5. The Hall–Kier alpha value is -1.06. The van der Waals surface area contributed by atoms with E-state index in [1.165, 1.54) is 0 Å². The summed E-state index contributed by atoms with van der Waals surface area (Å²) in [6, 6.07) is 13.7. The minimum Gasteiger partial charge on any atom is -0.491 e. The van der Waals surface area contributed by atoms with Crippen LogP contribution in [0.25, 0.3) is 0 Å². The summed E-state index contributed by atoms with van der Waals surface area (Å²) in [6.45, 7) is 4.17. The van der Waals surface area contributed by atoms with Crippen LogP contribution in [0.4, 0.5) is 0 Å². The van der Waals surface area contributed by atoms with Crippen molar-refractivity contribution in [3.8, 4) is 11.5 Å². The largest absolute Gasteiger partial charge is 0.491 e. The van der Waals surface area contributed by atoms with Crippen LogP contribution in [-0.4, -0.2) is 53.2 Å². The van der Waals surface area contributed by atoms with E-state index in [1.807, 2.05) is 36.4 Å². The number of halogens is 2. The van der Waals surface area contributed by atoms with E-state index >= 15 is 0 Å². The monoisotopic (exact) mass is 520 g/mol. The molecule has 2 atom stereocenters. The quantitative estimate of drug-likeness (QED) is 0.331. The van der Waals surface area contributed by atoms with Gasteiger partial charge in [0.25, 0.3) is 0 Å². The number of aliphatic hydroxyl groups is 3. The number of hydrogen-bond acceptors (Lipinski definition) is 5. The van der Waals surface area contributed by atoms with Gasteiger partial charge >= 0.3 is 0 Å². The molecule has 0 unspecified atom stereocenters. The van der Waals surface area contributed by atoms with E-state index in [0.29, 0.717) is 5.75 Å². The molecular weight excluding hydrogens is 495 g/mol. The van der Waals surface area contributed by atoms with Crippen molar-refractivity contribution < 1.29 is 24.8 Å². The van der Waals surface area contributed by atoms with Crippen molar-refractivity contribution in [2.24, 2.45) is 0 Å². The summed E-state index contributed by atoms with van der Waals surface area (Å²) >= 11 is 7.83. The van der Waals surface area contributed by atoms with Gasteiger partial charge in [0, 0.05) is 5.41 Å². The van der Waals surface area contributed by atoms with Crippen LogP contribution in [0, 0.1) is 3.57 Å². The molecule has 0 aliphatic rings. The average Bonchev–Trinajstić information content (AvgIpc) is 2.70. The second-order valence-electron chi connectivity index (χ2n) is 7.06. The molecule has 0 spiro atoms. The highest BCUT2D eigenvalue weighted by atomic mass is 127. The van der Waals surface area contributed by atoms with Crippen LogP contribution in [0.1, 0.15) is 25.0 Å². The summed E-state index contributed by atoms with van der Waals surface area (Å²) < 4.78 is 12.1. The van der Waals surface area contributed by atoms with Gasteiger partial charge in [-0.3, -0.25) is 0 Å². The molecule has 0 amide bonds. The summed E-state index contributed by atoms with van der Waals surface area (Å²) in [5, 5.41) is 27.8. The zero-order valence-corrected chi connectivity index (χ0v) is 18.9. The van der Waals surface area contributed by atoms with E-state index in [9.17, 15) is 10.2 Å². The molecule has 2 aromatic rings. The second kappa shape index (κ2) is 10.6. The first kappa shape index (κ1) is 23.2. The van der Waals surface area contributed by atoms with Crippen LogP contribution in [0.2, 0.25) is 0 Å². The zero-order chi connectivity index (χ0) is 20.7. The molecule has 2 rings (SSSR count). The summed E-state index contributed by atoms with van der Waals surface area (Å²) in [5.41, 5.74) is 2.01. The van der Waals surface area contributed by atoms with Crippen molar-refractivity contribution in [2.45, 2.75) is 31.5 Å². The molecule has 0 bridgehead atoms. The van der Waals surface area contributed by atoms with Gasteiger partial charge in [-0.05, 0) is 58.0 Å². The third-order valence-corrected chi connectivity index (χ3v) is 5.69. The maximum absolute atomic E-state index is 9.55. The molecule has 0 radical (unpaired) electrons. The average molecular weight is 521 g/mol. The highest BCUT2D eigenvalue weighted by Gasteiger charge is 2.24. The van der Waals surface area contributed by atoms with Crippen molar-refractivity contribution in [1.29, 1.82) is 0 Å². The van der Waals surface area contributed by atoms with E-state index in [-0.39, 0.29) is 31.1 Å². The lowest BCUT2D eigenvalue weighted by molar-refractivity contribution is 0.0536. The minimum absolute atomic E-state index is 0.0529. The Morgan fingerprint density at radius 1 is 0.964 bits per heavy atom. The van der Waals surface area contributed by atoms with Crippen molar-refractivity contribution in [3.63, 3.8) is 0 Å². The number of rotatable bonds is 10. The van der Waals surface area contributed by atoms with Crippen LogP contribution in [-0.2, 0) is 5.41 Å². The van der Waals surface area contributed by atoms with Gasteiger partial charge in [0.2, 0.25) is 0 Å². The van der Waals surface area contributed by atoms with Gasteiger partial charge in [-0.15, -0.1) is 11.6 Å². The van der Waals surface area contributed by atoms with Gasteiger partial charge in [-0.2, -0.15) is 0 Å². The van der Waals surface area contributed by atoms with Gasteiger partial charge in [-0.25, -0.2) is 0 Å². The minimum atomic E-state index is -0.885. The van der Waals surface area contributed by atoms with Gasteiger partial charge in [0.15, 0.2) is 0 Å². The molecule has 0 saturated carbocycles. The first-order valence-corrected chi connectivity index (χ1v) is 10.6. The van der Waals surface area contributed by atoms with Gasteiger partial charge in [0.05, 0.1) is 16.1 Å². The molecule has 0 aliphatic heterocycles. The fraction of sp³-hybridized carbons (Fsp3) is 0.429. The fourth-order valence-electron chi connectivity index (χ4n) is 2.62. The van der Waals surface area contributed by atoms with Crippen LogP contribution in [0.3, 0.4) is 0 Å². The number of alkyl halides is 1. The molecule has 0 heterocycles. The van der Waals surface area contributed by atoms with Gasteiger partial charge in [-0.1, -0.05) is 32.0 Å². The van der Waals surface area contributed by atoms with Gasteiger partial charge in [0.1, 0.15) is 36.9 Å². The normalized spacial score (nSPS) is 13.8. The molecule has 5 nitrogen and oxygen atoms in total. The lowest BCUT2D eigenvalue weighted by Crippen LogP contribution is -2.22. The standard InChI is InChI=1S/C21H26ClIO5/c1-21(2,14-3-6-18(7-4-14)27-13-17(26)11-24)15-5-8-20(19(23)9-15)28-12-16(25)10-22/h3-9,16-17,24-26H,10-13H2,1-2H3/t16-,17+/m0/s1. The molecule has 0 fully saturated rings. The lowest BCUT2D eigenvalue weighted by atomic mass is 9.78. The van der Waals surface area contributed by atoms with Gasteiger partial charge < -0.3 is 24.8 Å². The van der Waals surface area contributed by atoms with Crippen LogP contribution < -0.4 is 9.47 Å². The summed E-state index contributed by atoms with van der Waals surface area (Å²) in [7, 11) is 0. The molecule has 0 saturated heterocycles. The number of benzene rings is 2. The Morgan fingerprint density at radius 3 is 2.14 bits per heavy atom. The highest BCUT2D eigenvalue weighted by Crippen LogP contribution is 2.35. The summed E-state index contributed by atoms with van der Waals surface area (Å²) in [6.07, 6.45) is -1.57. The Kier molecular flexibility index (Phi) is 8.82. The van der Waals surface area contributed by atoms with Crippen LogP contribution >= 0.6 is 34.2 Å². The third kappa shape index (κ3) is 6.22. The maximum atomic E-state index is 9.55. The van der Waals surface area contributed by atoms with E-state index in [0.717, 1.165) is 20.4 Å². The molecule has 7 heteroatoms. The summed E-state index contributed by atoms with van der Waals surface area (Å²) in [4.78, 5) is 0. The van der Waals surface area contributed by atoms with E-state index in [4.69, 9.17) is 26.2 Å². The molecule has 2 aromatic carbocycles. The Labute approximate surface area is 184 Å². The van der Waals surface area contributed by atoms with Crippen LogP contribution in [0.15, 0.2) is 42.5 Å². The number of hydrogen-bond donors (Lipinski definition) is 3. The number of aliphatic hydroxyl groups excluding tert-OH is 3. The first-order valence-electron chi connectivity index (χ1n) is 8.97. The Morgan fingerprint density at radius 2 is 1.57 bits per heavy atom. The summed E-state index contributed by atoms with van der Waals surface area (Å²) in [5.74, 6) is 1.50. The third-order valence-electron chi connectivity index (χ3n) is 4.49. The van der Waals surface area contributed by atoms with Crippen molar-refractivity contribution in [1.82, 2.24) is 0 Å². The SMILES string of the molecule is CC(C)(c1ccc(OC[C@H](O)CO)cc1)c1ccc(OC[C@@H](O)CCl)c(I)c1. The van der Waals surface area contributed by atoms with Crippen molar-refractivity contribution in [3.05, 3.63) is 57.2 Å².